The molecule has 0 aromatic heterocycles. The van der Waals surface area contributed by atoms with Crippen LogP contribution in [0.1, 0.15) is 25.0 Å². The number of nitrogens with zero attached hydrogens (tertiary/aromatic N) is 1. The van der Waals surface area contributed by atoms with Crippen LogP contribution in [0, 0.1) is 10.1 Å². The van der Waals surface area contributed by atoms with Crippen molar-refractivity contribution in [3.05, 3.63) is 81.9 Å². The third kappa shape index (κ3) is 4.43. The summed E-state index contributed by atoms with van der Waals surface area (Å²) < 4.78 is 0. The van der Waals surface area contributed by atoms with E-state index < -0.39 is 5.09 Å². The van der Waals surface area contributed by atoms with Crippen LogP contribution in [0.2, 0.25) is 0 Å². The van der Waals surface area contributed by atoms with Crippen molar-refractivity contribution in [1.82, 2.24) is 0 Å². The lowest BCUT2D eigenvalue weighted by Crippen LogP contribution is -2.18. The van der Waals surface area contributed by atoms with E-state index in [0.717, 1.165) is 0 Å². The fourth-order valence-electron chi connectivity index (χ4n) is 1.88. The van der Waals surface area contributed by atoms with Gasteiger partial charge < -0.3 is 5.21 Å². The van der Waals surface area contributed by atoms with Gasteiger partial charge >= 0.3 is 0 Å². The molecule has 0 fully saturated rings. The summed E-state index contributed by atoms with van der Waals surface area (Å²) in [7, 11) is 0. The third-order valence-corrected chi connectivity index (χ3v) is 2.99. The van der Waals surface area contributed by atoms with Crippen molar-refractivity contribution in [3.8, 4) is 0 Å². The molecule has 1 N–H and O–H groups in total. The van der Waals surface area contributed by atoms with E-state index in [1.54, 1.807) is 0 Å². The van der Waals surface area contributed by atoms with Crippen LogP contribution in [0.25, 0.3) is 0 Å². The molecule has 100 valence electrons. The molecule has 4 heteroatoms. The summed E-state index contributed by atoms with van der Waals surface area (Å²) in [6, 6.07) is 21.3. The van der Waals surface area contributed by atoms with Crippen LogP contribution in [0.5, 0.6) is 0 Å². The highest BCUT2D eigenvalue weighted by Gasteiger charge is 2.21. The molecule has 0 saturated heterocycles. The van der Waals surface area contributed by atoms with Gasteiger partial charge in [-0.2, -0.15) is 0 Å². The van der Waals surface area contributed by atoms with Crippen LogP contribution >= 0.6 is 0 Å². The Morgan fingerprint density at radius 3 is 1.42 bits per heavy atom. The molecular formula is C15H17NO3. The fourth-order valence-corrected chi connectivity index (χ4v) is 1.88. The first-order valence-electron chi connectivity index (χ1n) is 5.89. The van der Waals surface area contributed by atoms with Gasteiger partial charge in [-0.1, -0.05) is 74.5 Å². The van der Waals surface area contributed by atoms with Gasteiger partial charge in [0.05, 0.1) is 0 Å². The zero-order valence-electron chi connectivity index (χ0n) is 11.0. The van der Waals surface area contributed by atoms with Crippen LogP contribution in [0.3, 0.4) is 0 Å². The summed E-state index contributed by atoms with van der Waals surface area (Å²) in [6.07, 6.45) is 0. The predicted octanol–water partition coefficient (Wildman–Crippen LogP) is 3.66. The van der Waals surface area contributed by atoms with E-state index in [4.69, 9.17) is 15.3 Å². The minimum Gasteiger partial charge on any atom is -0.328 e. The first-order valence-corrected chi connectivity index (χ1v) is 5.89. The zero-order valence-corrected chi connectivity index (χ0v) is 11.0. The summed E-state index contributed by atoms with van der Waals surface area (Å²) in [5, 5.41) is 13.6. The van der Waals surface area contributed by atoms with Crippen molar-refractivity contribution >= 4 is 0 Å². The van der Waals surface area contributed by atoms with Crippen LogP contribution in [-0.4, -0.2) is 10.3 Å². The van der Waals surface area contributed by atoms with Gasteiger partial charge in [-0.25, -0.2) is 0 Å². The minimum absolute atomic E-state index is 0.0858. The van der Waals surface area contributed by atoms with E-state index in [9.17, 15) is 0 Å². The van der Waals surface area contributed by atoms with Gasteiger partial charge in [0.2, 0.25) is 0 Å². The highest BCUT2D eigenvalue weighted by molar-refractivity contribution is 5.36. The summed E-state index contributed by atoms with van der Waals surface area (Å²) in [5.41, 5.74) is 2.80. The molecular weight excluding hydrogens is 242 g/mol. The highest BCUT2D eigenvalue weighted by atomic mass is 16.9. The molecule has 0 aliphatic carbocycles. The lowest BCUT2D eigenvalue weighted by atomic mass is 9.78. The van der Waals surface area contributed by atoms with Gasteiger partial charge in [-0.15, -0.1) is 10.1 Å². The topological polar surface area (TPSA) is 63.4 Å². The maximum atomic E-state index is 8.36. The second kappa shape index (κ2) is 6.54. The second-order valence-corrected chi connectivity index (χ2v) is 4.59. The summed E-state index contributed by atoms with van der Waals surface area (Å²) in [4.78, 5) is 8.36. The van der Waals surface area contributed by atoms with Crippen molar-refractivity contribution in [1.29, 1.82) is 0 Å². The zero-order chi connectivity index (χ0) is 14.3. The average Bonchev–Trinajstić information content (AvgIpc) is 2.40. The largest absolute Gasteiger partial charge is 0.328 e. The van der Waals surface area contributed by atoms with E-state index in [-0.39, 0.29) is 5.41 Å². The van der Waals surface area contributed by atoms with Crippen molar-refractivity contribution < 1.29 is 10.3 Å². The Balaban J connectivity index is 0.000000399. The predicted molar refractivity (Wildman–Crippen MR) is 73.8 cm³/mol. The van der Waals surface area contributed by atoms with Crippen LogP contribution in [-0.2, 0) is 5.41 Å². The van der Waals surface area contributed by atoms with Gasteiger partial charge in [0.15, 0.2) is 0 Å². The molecule has 0 unspecified atom stereocenters. The van der Waals surface area contributed by atoms with Crippen molar-refractivity contribution in [3.63, 3.8) is 0 Å². The molecule has 2 aromatic carbocycles. The van der Waals surface area contributed by atoms with E-state index in [0.29, 0.717) is 0 Å². The molecule has 0 spiro atoms. The summed E-state index contributed by atoms with van der Waals surface area (Å²) in [5.74, 6) is 0. The molecule has 0 bridgehead atoms. The van der Waals surface area contributed by atoms with Gasteiger partial charge in [-0.3, -0.25) is 0 Å². The quantitative estimate of drug-likeness (QED) is 0.661. The number of benzene rings is 2. The van der Waals surface area contributed by atoms with E-state index >= 15 is 0 Å². The molecule has 2 aromatic rings. The SMILES string of the molecule is CC(C)(c1ccccc1)c1ccccc1.O=[N+]([O-])O. The Bertz CT molecular complexity index is 464. The van der Waals surface area contributed by atoms with Crippen molar-refractivity contribution in [2.75, 3.05) is 0 Å². The molecule has 0 heterocycles. The third-order valence-electron chi connectivity index (χ3n) is 2.99. The highest BCUT2D eigenvalue weighted by Crippen LogP contribution is 2.30. The first-order chi connectivity index (χ1) is 8.94. The Morgan fingerprint density at radius 1 is 0.895 bits per heavy atom. The molecule has 0 radical (unpaired) electrons. The Hall–Kier alpha value is -2.36. The van der Waals surface area contributed by atoms with Crippen LogP contribution < -0.4 is 0 Å². The van der Waals surface area contributed by atoms with Crippen molar-refractivity contribution in [2.24, 2.45) is 0 Å². The van der Waals surface area contributed by atoms with Gasteiger partial charge in [0.1, 0.15) is 0 Å². The second-order valence-electron chi connectivity index (χ2n) is 4.59. The van der Waals surface area contributed by atoms with Gasteiger partial charge in [-0.05, 0) is 11.1 Å². The Morgan fingerprint density at radius 2 is 1.16 bits per heavy atom. The molecule has 0 aliphatic heterocycles. The van der Waals surface area contributed by atoms with E-state index in [1.807, 2.05) is 0 Å². The molecule has 0 saturated carbocycles. The molecule has 2 rings (SSSR count). The molecule has 0 aliphatic rings. The molecule has 0 atom stereocenters. The van der Waals surface area contributed by atoms with Crippen LogP contribution in [0.4, 0.5) is 0 Å². The van der Waals surface area contributed by atoms with Crippen LogP contribution in [0.15, 0.2) is 60.7 Å². The molecule has 0 amide bonds. The normalized spacial score (nSPS) is 10.2. The average molecular weight is 259 g/mol. The Kier molecular flexibility index (Phi) is 5.06. The smallest absolute Gasteiger partial charge is 0.291 e. The van der Waals surface area contributed by atoms with Gasteiger partial charge in [0.25, 0.3) is 5.09 Å². The summed E-state index contributed by atoms with van der Waals surface area (Å²) in [6.45, 7) is 4.52. The van der Waals surface area contributed by atoms with E-state index in [1.165, 1.54) is 11.1 Å². The standard InChI is InChI=1S/C15H16.HNO3/c1-15(2,13-9-5-3-6-10-13)14-11-7-4-8-12-14;2-1(3)4/h3-12H,1-2H3;(H,2,3,4). The lowest BCUT2D eigenvalue weighted by molar-refractivity contribution is -0.742. The van der Waals surface area contributed by atoms with E-state index in [2.05, 4.69) is 74.5 Å². The fraction of sp³-hybridized carbons (Fsp3) is 0.200. The maximum absolute atomic E-state index is 8.36. The number of hydrogen-bond donors (Lipinski definition) is 1. The monoisotopic (exact) mass is 259 g/mol. The molecule has 4 nitrogen and oxygen atoms in total. The summed E-state index contributed by atoms with van der Waals surface area (Å²) >= 11 is 0. The lowest BCUT2D eigenvalue weighted by Gasteiger charge is -2.25. The minimum atomic E-state index is -1.50. The van der Waals surface area contributed by atoms with Crippen molar-refractivity contribution in [2.45, 2.75) is 19.3 Å². The number of rotatable bonds is 2. The Labute approximate surface area is 112 Å². The maximum Gasteiger partial charge on any atom is 0.291 e. The molecule has 19 heavy (non-hydrogen) atoms. The van der Waals surface area contributed by atoms with Gasteiger partial charge in [0, 0.05) is 5.41 Å². The first kappa shape index (κ1) is 14.7. The number of hydrogen-bond acceptors (Lipinski definition) is 2.